The number of hydrogen-bond donors (Lipinski definition) is 0. The van der Waals surface area contributed by atoms with Crippen LogP contribution in [0.3, 0.4) is 0 Å². The van der Waals surface area contributed by atoms with Crippen molar-refractivity contribution in [2.75, 3.05) is 33.2 Å². The first-order valence-electron chi connectivity index (χ1n) is 16.3. The van der Waals surface area contributed by atoms with E-state index in [-0.39, 0.29) is 27.1 Å². The van der Waals surface area contributed by atoms with Crippen LogP contribution >= 0.6 is 0 Å². The molecule has 0 aromatic rings. The van der Waals surface area contributed by atoms with E-state index < -0.39 is 0 Å². The monoisotopic (exact) mass is 536 g/mol. The van der Waals surface area contributed by atoms with E-state index in [1.807, 2.05) is 0 Å². The normalized spacial score (nSPS) is 49.7. The minimum absolute atomic E-state index is 0.189. The van der Waals surface area contributed by atoms with Gasteiger partial charge in [-0.25, -0.2) is 0 Å². The van der Waals surface area contributed by atoms with Crippen molar-refractivity contribution in [1.82, 2.24) is 9.80 Å². The quantitative estimate of drug-likeness (QED) is 0.335. The SMILES string of the molecule is CN1CCN(C(=O)[C@@]2(C)CC[C@]3(C)CC[C@]4(C)C(=CC[C@@H]5[C@@]6(C)CCC(=O)C(C)(C)[C@@H]6CC[C@]54C)[C@@H]3C2)CC1. The van der Waals surface area contributed by atoms with Gasteiger partial charge in [-0.2, -0.15) is 0 Å². The number of ketones is 1. The second-order valence-corrected chi connectivity index (χ2v) is 17.0. The summed E-state index contributed by atoms with van der Waals surface area (Å²) >= 11 is 0. The van der Waals surface area contributed by atoms with Gasteiger partial charge in [0.05, 0.1) is 0 Å². The molecule has 218 valence electrons. The maximum absolute atomic E-state index is 14.0. The molecule has 1 saturated heterocycles. The maximum Gasteiger partial charge on any atom is 0.228 e. The second-order valence-electron chi connectivity index (χ2n) is 17.0. The van der Waals surface area contributed by atoms with E-state index >= 15 is 0 Å². The van der Waals surface area contributed by atoms with Gasteiger partial charge in [-0.3, -0.25) is 9.59 Å². The minimum atomic E-state index is -0.242. The van der Waals surface area contributed by atoms with Gasteiger partial charge >= 0.3 is 0 Å². The van der Waals surface area contributed by atoms with Gasteiger partial charge in [0.1, 0.15) is 5.78 Å². The van der Waals surface area contributed by atoms with Crippen molar-refractivity contribution in [3.05, 3.63) is 11.6 Å². The molecule has 39 heavy (non-hydrogen) atoms. The van der Waals surface area contributed by atoms with E-state index in [4.69, 9.17) is 0 Å². The van der Waals surface area contributed by atoms with Crippen molar-refractivity contribution in [3.8, 4) is 0 Å². The molecule has 0 aromatic heterocycles. The number of Topliss-reactive ketones (excluding diaryl/α,β-unsaturated/α-hetero) is 1. The highest BCUT2D eigenvalue weighted by molar-refractivity contribution is 5.85. The molecular weight excluding hydrogens is 480 g/mol. The van der Waals surface area contributed by atoms with Gasteiger partial charge in [-0.15, -0.1) is 0 Å². The van der Waals surface area contributed by atoms with Crippen molar-refractivity contribution in [1.29, 1.82) is 0 Å². The second kappa shape index (κ2) is 8.68. The molecular formula is C35H56N2O2. The molecule has 6 aliphatic rings. The molecule has 0 spiro atoms. The van der Waals surface area contributed by atoms with Crippen LogP contribution in [0.1, 0.15) is 113 Å². The molecule has 8 atom stereocenters. The number of allylic oxidation sites excluding steroid dienone is 2. The predicted octanol–water partition coefficient (Wildman–Crippen LogP) is 7.13. The lowest BCUT2D eigenvalue weighted by Crippen LogP contribution is -2.64. The number of nitrogens with zero attached hydrogens (tertiary/aromatic N) is 2. The summed E-state index contributed by atoms with van der Waals surface area (Å²) in [5.41, 5.74) is 2.28. The molecule has 5 fully saturated rings. The number of amides is 1. The highest BCUT2D eigenvalue weighted by Crippen LogP contribution is 2.75. The molecule has 0 N–H and O–H groups in total. The number of hydrogen-bond acceptors (Lipinski definition) is 3. The predicted molar refractivity (Wildman–Crippen MR) is 158 cm³/mol. The minimum Gasteiger partial charge on any atom is -0.340 e. The lowest BCUT2D eigenvalue weighted by atomic mass is 9.33. The van der Waals surface area contributed by atoms with Crippen LogP contribution in [0.2, 0.25) is 0 Å². The van der Waals surface area contributed by atoms with E-state index in [0.29, 0.717) is 34.9 Å². The zero-order valence-corrected chi connectivity index (χ0v) is 26.4. The van der Waals surface area contributed by atoms with E-state index in [1.165, 1.54) is 32.1 Å². The summed E-state index contributed by atoms with van der Waals surface area (Å²) in [5, 5.41) is 0. The number of likely N-dealkylation sites (N-methyl/N-ethyl adjacent to an activating group) is 1. The highest BCUT2D eigenvalue weighted by atomic mass is 16.2. The molecule has 0 radical (unpaired) electrons. The van der Waals surface area contributed by atoms with Crippen LogP contribution in [-0.4, -0.2) is 54.7 Å². The Labute approximate surface area is 238 Å². The number of piperazine rings is 1. The summed E-state index contributed by atoms with van der Waals surface area (Å²) in [7, 11) is 2.17. The fourth-order valence-corrected chi connectivity index (χ4v) is 11.7. The number of carbonyl (C=O) groups is 2. The summed E-state index contributed by atoms with van der Waals surface area (Å²) in [4.78, 5) is 31.6. The van der Waals surface area contributed by atoms with Gasteiger partial charge in [-0.05, 0) is 104 Å². The van der Waals surface area contributed by atoms with Gasteiger partial charge in [-0.1, -0.05) is 60.1 Å². The molecule has 0 bridgehead atoms. The fourth-order valence-electron chi connectivity index (χ4n) is 11.7. The Bertz CT molecular complexity index is 1090. The lowest BCUT2D eigenvalue weighted by Gasteiger charge is -2.70. The Hall–Kier alpha value is -1.16. The summed E-state index contributed by atoms with van der Waals surface area (Å²) < 4.78 is 0. The molecule has 1 heterocycles. The van der Waals surface area contributed by atoms with E-state index in [9.17, 15) is 9.59 Å². The zero-order chi connectivity index (χ0) is 28.2. The maximum atomic E-state index is 14.0. The zero-order valence-electron chi connectivity index (χ0n) is 26.4. The van der Waals surface area contributed by atoms with E-state index in [1.54, 1.807) is 5.57 Å². The lowest BCUT2D eigenvalue weighted by molar-refractivity contribution is -0.185. The van der Waals surface area contributed by atoms with Crippen LogP contribution < -0.4 is 0 Å². The molecule has 4 saturated carbocycles. The Kier molecular flexibility index (Phi) is 6.23. The van der Waals surface area contributed by atoms with Gasteiger partial charge in [0, 0.05) is 43.4 Å². The average molecular weight is 537 g/mol. The summed E-state index contributed by atoms with van der Waals surface area (Å²) in [6.45, 7) is 20.9. The molecule has 0 unspecified atom stereocenters. The Balaban J connectivity index is 1.34. The topological polar surface area (TPSA) is 40.6 Å². The smallest absolute Gasteiger partial charge is 0.228 e. The van der Waals surface area contributed by atoms with Crippen LogP contribution in [0.25, 0.3) is 0 Å². The van der Waals surface area contributed by atoms with Crippen LogP contribution in [0, 0.1) is 50.2 Å². The first-order valence-corrected chi connectivity index (χ1v) is 16.3. The average Bonchev–Trinajstić information content (AvgIpc) is 2.88. The van der Waals surface area contributed by atoms with Crippen molar-refractivity contribution < 1.29 is 9.59 Å². The standard InChI is InChI=1S/C35H56N2O2/c1-30(2)26-11-14-35(7)27(33(26,5)13-12-28(30)38)10-9-24-25-23-32(4,29(39)37-21-19-36(8)20-22-37)16-15-31(25,3)17-18-34(24,35)6/h9,25-27H,10-23H2,1-8H3/t25-,26-,27+,31+,32-,33-,34+,35+/m0/s1. The molecule has 4 nitrogen and oxygen atoms in total. The molecule has 1 amide bonds. The van der Waals surface area contributed by atoms with Crippen LogP contribution in [0.4, 0.5) is 0 Å². The van der Waals surface area contributed by atoms with E-state index in [2.05, 4.69) is 71.4 Å². The van der Waals surface area contributed by atoms with Gasteiger partial charge in [0.2, 0.25) is 5.91 Å². The number of rotatable bonds is 1. The first-order chi connectivity index (χ1) is 18.1. The molecule has 0 aromatic carbocycles. The fraction of sp³-hybridized carbons (Fsp3) is 0.886. The van der Waals surface area contributed by atoms with Crippen LogP contribution in [0.5, 0.6) is 0 Å². The Morgan fingerprint density at radius 1 is 0.846 bits per heavy atom. The Morgan fingerprint density at radius 3 is 2.21 bits per heavy atom. The third kappa shape index (κ3) is 3.71. The van der Waals surface area contributed by atoms with Crippen LogP contribution in [0.15, 0.2) is 11.6 Å². The molecule has 5 aliphatic carbocycles. The summed E-state index contributed by atoms with van der Waals surface area (Å²) in [5.74, 6) is 2.56. The third-order valence-electron chi connectivity index (χ3n) is 14.9. The highest BCUT2D eigenvalue weighted by Gasteiger charge is 2.68. The van der Waals surface area contributed by atoms with Crippen LogP contribution in [-0.2, 0) is 9.59 Å². The van der Waals surface area contributed by atoms with Gasteiger partial charge < -0.3 is 9.80 Å². The molecule has 1 aliphatic heterocycles. The molecule has 6 rings (SSSR count). The largest absolute Gasteiger partial charge is 0.340 e. The van der Waals surface area contributed by atoms with Gasteiger partial charge in [0.25, 0.3) is 0 Å². The third-order valence-corrected chi connectivity index (χ3v) is 14.9. The number of carbonyl (C=O) groups excluding carboxylic acids is 2. The summed E-state index contributed by atoms with van der Waals surface area (Å²) in [6, 6.07) is 0. The van der Waals surface area contributed by atoms with Crippen molar-refractivity contribution in [3.63, 3.8) is 0 Å². The van der Waals surface area contributed by atoms with Crippen molar-refractivity contribution >= 4 is 11.7 Å². The van der Waals surface area contributed by atoms with Crippen molar-refractivity contribution in [2.45, 2.75) is 113 Å². The summed E-state index contributed by atoms with van der Waals surface area (Å²) in [6.07, 6.45) is 13.9. The Morgan fingerprint density at radius 2 is 1.51 bits per heavy atom. The molecule has 4 heteroatoms. The van der Waals surface area contributed by atoms with E-state index in [0.717, 1.165) is 58.3 Å². The van der Waals surface area contributed by atoms with Crippen molar-refractivity contribution in [2.24, 2.45) is 50.2 Å². The first kappa shape index (κ1) is 28.0. The van der Waals surface area contributed by atoms with Gasteiger partial charge in [0.15, 0.2) is 0 Å². The number of fused-ring (bicyclic) bond motifs is 7.